The van der Waals surface area contributed by atoms with E-state index in [1.54, 1.807) is 24.0 Å². The van der Waals surface area contributed by atoms with E-state index >= 15 is 0 Å². The first-order valence-electron chi connectivity index (χ1n) is 12.6. The SMILES string of the molecule is Cc1cccc2c1C(O)(c1ccc(F)cn1)C(=O)N2C[C@H]1CC[C@H](NC(=O)c2cc(Cl)cnc2C(F)F)CC1. The van der Waals surface area contributed by atoms with Gasteiger partial charge >= 0.3 is 0 Å². The molecule has 5 rings (SSSR count). The number of aromatic nitrogens is 2. The topological polar surface area (TPSA) is 95.4 Å². The molecule has 3 heterocycles. The molecule has 0 spiro atoms. The third-order valence-corrected chi connectivity index (χ3v) is 7.72. The van der Waals surface area contributed by atoms with Gasteiger partial charge < -0.3 is 15.3 Å². The summed E-state index contributed by atoms with van der Waals surface area (Å²) in [6.07, 6.45) is 1.64. The Balaban J connectivity index is 1.29. The zero-order valence-electron chi connectivity index (χ0n) is 21.0. The maximum atomic E-state index is 13.7. The van der Waals surface area contributed by atoms with Crippen molar-refractivity contribution < 1.29 is 27.9 Å². The Hall–Kier alpha value is -3.50. The molecule has 11 heteroatoms. The molecule has 1 aliphatic carbocycles. The van der Waals surface area contributed by atoms with E-state index in [-0.39, 0.29) is 28.2 Å². The van der Waals surface area contributed by atoms with Gasteiger partial charge in [0.2, 0.25) is 5.60 Å². The Labute approximate surface area is 228 Å². The van der Waals surface area contributed by atoms with E-state index in [0.717, 1.165) is 18.5 Å². The average molecular weight is 559 g/mol. The summed E-state index contributed by atoms with van der Waals surface area (Å²) in [4.78, 5) is 35.6. The van der Waals surface area contributed by atoms with E-state index in [9.17, 15) is 27.9 Å². The standard InChI is InChI=1S/C28H26ClF3N4O3/c1-15-3-2-4-21-23(15)28(39,22-10-7-18(30)13-33-22)27(38)36(21)14-16-5-8-19(9-6-16)35-26(37)20-11-17(29)12-34-24(20)25(31)32/h2-4,7,10-13,16,19,25,39H,5-6,8-9,14H2,1H3,(H,35,37)/t16-,19-,28?. The highest BCUT2D eigenvalue weighted by Gasteiger charge is 2.53. The Bertz CT molecular complexity index is 1410. The van der Waals surface area contributed by atoms with Crippen LogP contribution in [0.5, 0.6) is 0 Å². The molecule has 1 saturated carbocycles. The van der Waals surface area contributed by atoms with Crippen LogP contribution in [-0.4, -0.2) is 39.5 Å². The van der Waals surface area contributed by atoms with Crippen molar-refractivity contribution in [3.05, 3.63) is 87.7 Å². The summed E-state index contributed by atoms with van der Waals surface area (Å²) in [6, 6.07) is 8.81. The number of amides is 2. The zero-order valence-corrected chi connectivity index (χ0v) is 21.8. The minimum Gasteiger partial charge on any atom is -0.370 e. The van der Waals surface area contributed by atoms with Gasteiger partial charge in [-0.1, -0.05) is 23.7 Å². The van der Waals surface area contributed by atoms with Crippen LogP contribution in [0.2, 0.25) is 5.02 Å². The fourth-order valence-corrected chi connectivity index (χ4v) is 5.74. The third-order valence-electron chi connectivity index (χ3n) is 7.52. The molecule has 1 atom stereocenters. The fourth-order valence-electron chi connectivity index (χ4n) is 5.58. The van der Waals surface area contributed by atoms with Crippen molar-refractivity contribution in [2.75, 3.05) is 11.4 Å². The van der Waals surface area contributed by atoms with Crippen LogP contribution >= 0.6 is 11.6 Å². The number of aliphatic hydroxyl groups is 1. The lowest BCUT2D eigenvalue weighted by Crippen LogP contribution is -2.45. The van der Waals surface area contributed by atoms with Crippen LogP contribution in [0.4, 0.5) is 18.9 Å². The van der Waals surface area contributed by atoms with Crippen molar-refractivity contribution >= 4 is 29.1 Å². The lowest BCUT2D eigenvalue weighted by Gasteiger charge is -2.32. The van der Waals surface area contributed by atoms with E-state index < -0.39 is 35.4 Å². The normalized spacial score (nSPS) is 22.7. The smallest absolute Gasteiger partial charge is 0.281 e. The molecule has 3 aromatic rings. The highest BCUT2D eigenvalue weighted by molar-refractivity contribution is 6.30. The molecule has 7 nitrogen and oxygen atoms in total. The molecule has 1 aliphatic heterocycles. The van der Waals surface area contributed by atoms with E-state index in [1.807, 2.05) is 6.07 Å². The van der Waals surface area contributed by atoms with Crippen LogP contribution in [0.3, 0.4) is 0 Å². The number of benzene rings is 1. The van der Waals surface area contributed by atoms with Gasteiger partial charge in [-0.05, 0) is 68.4 Å². The first-order valence-corrected chi connectivity index (χ1v) is 13.0. The molecule has 1 aromatic carbocycles. The van der Waals surface area contributed by atoms with Crippen molar-refractivity contribution in [3.8, 4) is 0 Å². The third kappa shape index (κ3) is 4.98. The van der Waals surface area contributed by atoms with Gasteiger partial charge in [0, 0.05) is 24.3 Å². The van der Waals surface area contributed by atoms with Crippen molar-refractivity contribution in [2.24, 2.45) is 5.92 Å². The maximum absolute atomic E-state index is 13.7. The van der Waals surface area contributed by atoms with Crippen LogP contribution in [0.1, 0.15) is 65.0 Å². The van der Waals surface area contributed by atoms with E-state index in [4.69, 9.17) is 11.6 Å². The number of aryl methyl sites for hydroxylation is 1. The summed E-state index contributed by atoms with van der Waals surface area (Å²) < 4.78 is 40.2. The van der Waals surface area contributed by atoms with E-state index in [1.165, 1.54) is 12.1 Å². The van der Waals surface area contributed by atoms with Crippen LogP contribution < -0.4 is 10.2 Å². The number of nitrogens with one attached hydrogen (secondary N) is 1. The Kier molecular flexibility index (Phi) is 7.35. The molecule has 0 bridgehead atoms. The quantitative estimate of drug-likeness (QED) is 0.440. The summed E-state index contributed by atoms with van der Waals surface area (Å²) in [5, 5.41) is 14.6. The molecular weight excluding hydrogens is 533 g/mol. The summed E-state index contributed by atoms with van der Waals surface area (Å²) in [5.41, 5.74) is -1.12. The summed E-state index contributed by atoms with van der Waals surface area (Å²) in [6.45, 7) is 2.14. The minimum atomic E-state index is -2.91. The van der Waals surface area contributed by atoms with Crippen LogP contribution in [0.15, 0.2) is 48.8 Å². The second-order valence-electron chi connectivity index (χ2n) is 10.0. The number of anilines is 1. The molecule has 204 valence electrons. The summed E-state index contributed by atoms with van der Waals surface area (Å²) in [5.74, 6) is -1.70. The number of pyridine rings is 2. The molecule has 2 N–H and O–H groups in total. The number of hydrogen-bond acceptors (Lipinski definition) is 5. The van der Waals surface area contributed by atoms with Gasteiger partial charge in [-0.15, -0.1) is 0 Å². The zero-order chi connectivity index (χ0) is 27.9. The molecule has 39 heavy (non-hydrogen) atoms. The summed E-state index contributed by atoms with van der Waals surface area (Å²) >= 11 is 5.87. The lowest BCUT2D eigenvalue weighted by molar-refractivity contribution is -0.132. The lowest BCUT2D eigenvalue weighted by atomic mass is 9.85. The van der Waals surface area contributed by atoms with Gasteiger partial charge in [-0.2, -0.15) is 0 Å². The Morgan fingerprint density at radius 2 is 1.92 bits per heavy atom. The molecule has 1 unspecified atom stereocenters. The predicted molar refractivity (Wildman–Crippen MR) is 138 cm³/mol. The number of nitrogens with zero attached hydrogens (tertiary/aromatic N) is 3. The minimum absolute atomic E-state index is 0.0528. The van der Waals surface area contributed by atoms with Gasteiger partial charge in [0.25, 0.3) is 18.2 Å². The highest BCUT2D eigenvalue weighted by atomic mass is 35.5. The molecule has 2 aliphatic rings. The number of halogens is 4. The van der Waals surface area contributed by atoms with Crippen LogP contribution in [0, 0.1) is 18.7 Å². The van der Waals surface area contributed by atoms with Gasteiger partial charge in [0.05, 0.1) is 28.2 Å². The number of alkyl halides is 2. The number of carbonyl (C=O) groups is 2. The second-order valence-corrected chi connectivity index (χ2v) is 10.5. The van der Waals surface area contributed by atoms with Crippen molar-refractivity contribution in [2.45, 2.75) is 50.7 Å². The van der Waals surface area contributed by atoms with Gasteiger partial charge in [-0.25, -0.2) is 13.2 Å². The van der Waals surface area contributed by atoms with Crippen molar-refractivity contribution in [3.63, 3.8) is 0 Å². The van der Waals surface area contributed by atoms with E-state index in [0.29, 0.717) is 49.0 Å². The van der Waals surface area contributed by atoms with Gasteiger partial charge in [0.15, 0.2) is 0 Å². The molecule has 0 radical (unpaired) electrons. The van der Waals surface area contributed by atoms with Gasteiger partial charge in [-0.3, -0.25) is 19.6 Å². The highest BCUT2D eigenvalue weighted by Crippen LogP contribution is 2.46. The van der Waals surface area contributed by atoms with E-state index in [2.05, 4.69) is 15.3 Å². The number of hydrogen-bond donors (Lipinski definition) is 2. The number of rotatable bonds is 6. The molecule has 0 saturated heterocycles. The number of carbonyl (C=O) groups excluding carboxylic acids is 2. The average Bonchev–Trinajstić information content (AvgIpc) is 3.13. The van der Waals surface area contributed by atoms with Crippen molar-refractivity contribution in [1.29, 1.82) is 0 Å². The first kappa shape index (κ1) is 27.1. The van der Waals surface area contributed by atoms with Gasteiger partial charge in [0.1, 0.15) is 11.5 Å². The molecular formula is C28H26ClF3N4O3. The van der Waals surface area contributed by atoms with Crippen molar-refractivity contribution in [1.82, 2.24) is 15.3 Å². The Morgan fingerprint density at radius 1 is 1.18 bits per heavy atom. The monoisotopic (exact) mass is 558 g/mol. The predicted octanol–water partition coefficient (Wildman–Crippen LogP) is 5.09. The molecule has 1 fully saturated rings. The first-order chi connectivity index (χ1) is 18.6. The van der Waals surface area contributed by atoms with Crippen LogP contribution in [-0.2, 0) is 10.4 Å². The second kappa shape index (κ2) is 10.6. The largest absolute Gasteiger partial charge is 0.370 e. The molecule has 2 amide bonds. The number of fused-ring (bicyclic) bond motifs is 1. The molecule has 2 aromatic heterocycles. The Morgan fingerprint density at radius 3 is 2.59 bits per heavy atom. The van der Waals surface area contributed by atoms with Crippen LogP contribution in [0.25, 0.3) is 0 Å². The fraction of sp³-hybridized carbons (Fsp3) is 0.357. The maximum Gasteiger partial charge on any atom is 0.281 e. The summed E-state index contributed by atoms with van der Waals surface area (Å²) in [7, 11) is 0.